The van der Waals surface area contributed by atoms with Crippen LogP contribution in [0.3, 0.4) is 0 Å². The third-order valence-corrected chi connectivity index (χ3v) is 5.60. The summed E-state index contributed by atoms with van der Waals surface area (Å²) in [5.41, 5.74) is 3.08. The Hall–Kier alpha value is -2.92. The van der Waals surface area contributed by atoms with Crippen LogP contribution >= 0.6 is 11.6 Å². The topological polar surface area (TPSA) is 66.3 Å². The number of halogens is 1. The summed E-state index contributed by atoms with van der Waals surface area (Å²) in [6, 6.07) is 18.1. The van der Waals surface area contributed by atoms with Gasteiger partial charge in [-0.25, -0.2) is 14.8 Å². The van der Waals surface area contributed by atoms with Gasteiger partial charge in [-0.1, -0.05) is 54.1 Å². The molecule has 0 amide bonds. The van der Waals surface area contributed by atoms with Crippen molar-refractivity contribution in [1.29, 1.82) is 0 Å². The molecule has 29 heavy (non-hydrogen) atoms. The Labute approximate surface area is 175 Å². The van der Waals surface area contributed by atoms with Crippen molar-refractivity contribution in [1.82, 2.24) is 9.97 Å². The van der Waals surface area contributed by atoms with Crippen molar-refractivity contribution < 1.29 is 9.90 Å². The van der Waals surface area contributed by atoms with Crippen LogP contribution in [0, 0.1) is 0 Å². The normalized spacial score (nSPS) is 16.2. The number of rotatable bonds is 6. The van der Waals surface area contributed by atoms with Crippen LogP contribution in [0.25, 0.3) is 0 Å². The van der Waals surface area contributed by atoms with E-state index in [9.17, 15) is 9.90 Å². The molecule has 0 radical (unpaired) electrons. The number of carboxylic acid groups (broad SMARTS) is 1. The lowest BCUT2D eigenvalue weighted by Gasteiger charge is -2.25. The average Bonchev–Trinajstić information content (AvgIpc) is 3.23. The molecule has 1 saturated heterocycles. The molecule has 1 aliphatic heterocycles. The van der Waals surface area contributed by atoms with E-state index in [1.807, 2.05) is 54.6 Å². The molecule has 4 rings (SSSR count). The number of carboxylic acids is 1. The van der Waals surface area contributed by atoms with Crippen molar-refractivity contribution in [2.75, 3.05) is 11.4 Å². The molecule has 3 aromatic rings. The SMILES string of the molecule is O=C(O)c1cnc(N2CCCC2c2ccc(Cl)cc2)nc1CCc1ccccc1. The molecule has 0 bridgehead atoms. The lowest BCUT2D eigenvalue weighted by atomic mass is 10.0. The minimum Gasteiger partial charge on any atom is -0.478 e. The first-order valence-corrected chi connectivity index (χ1v) is 10.1. The molecule has 0 saturated carbocycles. The van der Waals surface area contributed by atoms with Gasteiger partial charge in [0, 0.05) is 17.8 Å². The van der Waals surface area contributed by atoms with E-state index in [2.05, 4.69) is 9.88 Å². The van der Waals surface area contributed by atoms with Crippen molar-refractivity contribution >= 4 is 23.5 Å². The first-order chi connectivity index (χ1) is 14.1. The number of carbonyl (C=O) groups is 1. The van der Waals surface area contributed by atoms with Gasteiger partial charge < -0.3 is 10.0 Å². The zero-order valence-corrected chi connectivity index (χ0v) is 16.7. The Morgan fingerprint density at radius 2 is 1.86 bits per heavy atom. The number of hydrogen-bond donors (Lipinski definition) is 1. The molecule has 1 N–H and O–H groups in total. The third-order valence-electron chi connectivity index (χ3n) is 5.34. The first kappa shape index (κ1) is 19.4. The number of benzene rings is 2. The molecule has 1 aliphatic rings. The number of aromatic carboxylic acids is 1. The zero-order chi connectivity index (χ0) is 20.2. The monoisotopic (exact) mass is 407 g/mol. The molecular formula is C23H22ClN3O2. The van der Waals surface area contributed by atoms with Crippen LogP contribution in [0.2, 0.25) is 5.02 Å². The molecular weight excluding hydrogens is 386 g/mol. The predicted octanol–water partition coefficient (Wildman–Crippen LogP) is 4.95. The number of anilines is 1. The molecule has 2 heterocycles. The van der Waals surface area contributed by atoms with E-state index in [4.69, 9.17) is 16.6 Å². The van der Waals surface area contributed by atoms with Crippen LogP contribution in [-0.4, -0.2) is 27.6 Å². The molecule has 1 unspecified atom stereocenters. The lowest BCUT2D eigenvalue weighted by Crippen LogP contribution is -2.25. The summed E-state index contributed by atoms with van der Waals surface area (Å²) in [5, 5.41) is 10.3. The lowest BCUT2D eigenvalue weighted by molar-refractivity contribution is 0.0694. The minimum absolute atomic E-state index is 0.171. The van der Waals surface area contributed by atoms with Crippen LogP contribution in [-0.2, 0) is 12.8 Å². The van der Waals surface area contributed by atoms with Crippen LogP contribution in [0.5, 0.6) is 0 Å². The Morgan fingerprint density at radius 1 is 1.10 bits per heavy atom. The summed E-state index contributed by atoms with van der Waals surface area (Å²) in [5.74, 6) is -0.397. The molecule has 5 nitrogen and oxygen atoms in total. The smallest absolute Gasteiger partial charge is 0.339 e. The quantitative estimate of drug-likeness (QED) is 0.625. The highest BCUT2D eigenvalue weighted by atomic mass is 35.5. The maximum atomic E-state index is 11.7. The highest BCUT2D eigenvalue weighted by Gasteiger charge is 2.29. The van der Waals surface area contributed by atoms with E-state index in [0.717, 1.165) is 31.4 Å². The number of aryl methyl sites for hydroxylation is 2. The molecule has 1 aromatic heterocycles. The summed E-state index contributed by atoms with van der Waals surface area (Å²) >= 11 is 6.03. The molecule has 1 atom stereocenters. The van der Waals surface area contributed by atoms with E-state index < -0.39 is 5.97 Å². The third kappa shape index (κ3) is 4.40. The van der Waals surface area contributed by atoms with Gasteiger partial charge in [0.25, 0.3) is 0 Å². The van der Waals surface area contributed by atoms with E-state index in [0.29, 0.717) is 23.1 Å². The molecule has 0 spiro atoms. The van der Waals surface area contributed by atoms with Gasteiger partial charge in [-0.2, -0.15) is 0 Å². The molecule has 0 aliphatic carbocycles. The second-order valence-corrected chi connectivity index (χ2v) is 7.66. The standard InChI is InChI=1S/C23H22ClN3O2/c24-18-11-9-17(10-12-18)21-7-4-14-27(21)23-25-15-19(22(28)29)20(26-23)13-8-16-5-2-1-3-6-16/h1-3,5-6,9-12,15,21H,4,7-8,13-14H2,(H,28,29). The van der Waals surface area contributed by atoms with Crippen molar-refractivity contribution in [3.63, 3.8) is 0 Å². The minimum atomic E-state index is -0.990. The second-order valence-electron chi connectivity index (χ2n) is 7.22. The molecule has 148 valence electrons. The Bertz CT molecular complexity index is 993. The van der Waals surface area contributed by atoms with Crippen LogP contribution in [0.4, 0.5) is 5.95 Å². The number of aromatic nitrogens is 2. The summed E-state index contributed by atoms with van der Waals surface area (Å²) in [6.45, 7) is 0.845. The Kier molecular flexibility index (Phi) is 5.76. The van der Waals surface area contributed by atoms with Gasteiger partial charge in [-0.15, -0.1) is 0 Å². The highest BCUT2D eigenvalue weighted by molar-refractivity contribution is 6.30. The van der Waals surface area contributed by atoms with Gasteiger partial charge in [0.05, 0.1) is 17.3 Å². The number of hydrogen-bond acceptors (Lipinski definition) is 4. The molecule has 2 aromatic carbocycles. The fourth-order valence-electron chi connectivity index (χ4n) is 3.86. The van der Waals surface area contributed by atoms with Gasteiger partial charge in [-0.3, -0.25) is 0 Å². The van der Waals surface area contributed by atoms with E-state index in [1.54, 1.807) is 0 Å². The largest absolute Gasteiger partial charge is 0.478 e. The van der Waals surface area contributed by atoms with Crippen LogP contribution in [0.1, 0.15) is 46.1 Å². The van der Waals surface area contributed by atoms with Crippen LogP contribution in [0.15, 0.2) is 60.8 Å². The fourth-order valence-corrected chi connectivity index (χ4v) is 3.99. The molecule has 6 heteroatoms. The maximum Gasteiger partial charge on any atom is 0.339 e. The van der Waals surface area contributed by atoms with Crippen molar-refractivity contribution in [3.8, 4) is 0 Å². The maximum absolute atomic E-state index is 11.7. The summed E-state index contributed by atoms with van der Waals surface area (Å²) in [6.07, 6.45) is 4.78. The summed E-state index contributed by atoms with van der Waals surface area (Å²) < 4.78 is 0. The van der Waals surface area contributed by atoms with Gasteiger partial charge >= 0.3 is 5.97 Å². The highest BCUT2D eigenvalue weighted by Crippen LogP contribution is 2.35. The van der Waals surface area contributed by atoms with Gasteiger partial charge in [0.2, 0.25) is 5.95 Å². The van der Waals surface area contributed by atoms with E-state index >= 15 is 0 Å². The second kappa shape index (κ2) is 8.62. The first-order valence-electron chi connectivity index (χ1n) is 9.77. The Balaban J connectivity index is 1.61. The predicted molar refractivity (Wildman–Crippen MR) is 114 cm³/mol. The Morgan fingerprint density at radius 3 is 2.59 bits per heavy atom. The van der Waals surface area contributed by atoms with Gasteiger partial charge in [0.15, 0.2) is 0 Å². The van der Waals surface area contributed by atoms with Crippen molar-refractivity contribution in [3.05, 3.63) is 88.2 Å². The van der Waals surface area contributed by atoms with E-state index in [1.165, 1.54) is 11.8 Å². The van der Waals surface area contributed by atoms with E-state index in [-0.39, 0.29) is 11.6 Å². The van der Waals surface area contributed by atoms with Gasteiger partial charge in [-0.05, 0) is 48.9 Å². The van der Waals surface area contributed by atoms with Crippen LogP contribution < -0.4 is 4.90 Å². The molecule has 1 fully saturated rings. The average molecular weight is 408 g/mol. The number of nitrogens with zero attached hydrogens (tertiary/aromatic N) is 3. The fraction of sp³-hybridized carbons (Fsp3) is 0.261. The zero-order valence-electron chi connectivity index (χ0n) is 16.0. The van der Waals surface area contributed by atoms with Crippen molar-refractivity contribution in [2.45, 2.75) is 31.7 Å². The summed E-state index contributed by atoms with van der Waals surface area (Å²) in [7, 11) is 0. The van der Waals surface area contributed by atoms with Gasteiger partial charge in [0.1, 0.15) is 0 Å². The van der Waals surface area contributed by atoms with Crippen molar-refractivity contribution in [2.24, 2.45) is 0 Å². The summed E-state index contributed by atoms with van der Waals surface area (Å²) in [4.78, 5) is 22.9.